The maximum absolute atomic E-state index is 12.9. The highest BCUT2D eigenvalue weighted by molar-refractivity contribution is 6.19. The van der Waals surface area contributed by atoms with Crippen molar-refractivity contribution in [1.82, 2.24) is 9.88 Å². The van der Waals surface area contributed by atoms with E-state index in [1.54, 1.807) is 37.6 Å². The van der Waals surface area contributed by atoms with Crippen LogP contribution in [0.1, 0.15) is 5.56 Å². The lowest BCUT2D eigenvalue weighted by Crippen LogP contribution is -2.32. The van der Waals surface area contributed by atoms with Crippen LogP contribution in [0.3, 0.4) is 0 Å². The molecule has 1 aromatic heterocycles. The first-order chi connectivity index (χ1) is 14.7. The quantitative estimate of drug-likeness (QED) is 0.569. The molecule has 1 aliphatic heterocycles. The Bertz CT molecular complexity index is 1150. The number of halogens is 3. The van der Waals surface area contributed by atoms with Crippen molar-refractivity contribution in [2.24, 2.45) is 0 Å². The number of pyridine rings is 1. The van der Waals surface area contributed by atoms with Gasteiger partial charge in [0.1, 0.15) is 18.0 Å². The van der Waals surface area contributed by atoms with Crippen LogP contribution < -0.4 is 14.4 Å². The maximum atomic E-state index is 12.9. The smallest absolute Gasteiger partial charge is 0.497 e. The summed E-state index contributed by atoms with van der Waals surface area (Å²) in [5.74, 6) is -0.289. The summed E-state index contributed by atoms with van der Waals surface area (Å²) in [5, 5.41) is 0.786. The Morgan fingerprint density at radius 2 is 1.74 bits per heavy atom. The molecule has 0 spiro atoms. The number of carbonyl (C=O) groups is 2. The Kier molecular flexibility index (Phi) is 5.14. The van der Waals surface area contributed by atoms with Crippen LogP contribution >= 0.6 is 0 Å². The molecular formula is C21H16F3N3O4. The van der Waals surface area contributed by atoms with E-state index in [9.17, 15) is 22.8 Å². The molecule has 31 heavy (non-hydrogen) atoms. The summed E-state index contributed by atoms with van der Waals surface area (Å²) in [7, 11) is 1.54. The van der Waals surface area contributed by atoms with E-state index < -0.39 is 24.1 Å². The zero-order valence-electron chi connectivity index (χ0n) is 16.2. The molecule has 160 valence electrons. The van der Waals surface area contributed by atoms with Crippen molar-refractivity contribution in [3.63, 3.8) is 0 Å². The van der Waals surface area contributed by atoms with E-state index in [0.717, 1.165) is 28.0 Å². The van der Waals surface area contributed by atoms with Crippen LogP contribution in [0.15, 0.2) is 54.7 Å². The lowest BCUT2D eigenvalue weighted by molar-refractivity contribution is -0.274. The summed E-state index contributed by atoms with van der Waals surface area (Å²) in [5.41, 5.74) is 1.66. The predicted molar refractivity (Wildman–Crippen MR) is 105 cm³/mol. The molecule has 1 aliphatic rings. The minimum absolute atomic E-state index is 0.155. The first kappa shape index (κ1) is 20.5. The number of imide groups is 1. The minimum atomic E-state index is -4.83. The lowest BCUT2D eigenvalue weighted by atomic mass is 10.1. The summed E-state index contributed by atoms with van der Waals surface area (Å²) >= 11 is 0. The molecule has 7 nitrogen and oxygen atoms in total. The van der Waals surface area contributed by atoms with Gasteiger partial charge in [-0.3, -0.25) is 9.78 Å². The number of methoxy groups -OCH3 is 1. The fourth-order valence-electron chi connectivity index (χ4n) is 3.38. The van der Waals surface area contributed by atoms with Gasteiger partial charge < -0.3 is 14.4 Å². The molecule has 1 fully saturated rings. The normalized spacial score (nSPS) is 14.5. The highest BCUT2D eigenvalue weighted by Crippen LogP contribution is 2.29. The van der Waals surface area contributed by atoms with Crippen molar-refractivity contribution < 1.29 is 32.2 Å². The standard InChI is InChI=1S/C21H16F3N3O4/c1-30-16-6-7-18-17(10-16)13(8-9-25-18)11-26-12-19(28)27(20(26)29)14-2-4-15(5-3-14)31-21(22,23)24/h2-10H,11-12H2,1H3. The van der Waals surface area contributed by atoms with Crippen molar-refractivity contribution in [1.29, 1.82) is 0 Å². The molecule has 4 rings (SSSR count). The fourth-order valence-corrected chi connectivity index (χ4v) is 3.38. The van der Waals surface area contributed by atoms with Gasteiger partial charge in [-0.2, -0.15) is 0 Å². The molecule has 2 aromatic carbocycles. The van der Waals surface area contributed by atoms with Crippen LogP contribution in [0.4, 0.5) is 23.7 Å². The van der Waals surface area contributed by atoms with Gasteiger partial charge in [0.15, 0.2) is 0 Å². The zero-order valence-corrected chi connectivity index (χ0v) is 16.2. The van der Waals surface area contributed by atoms with Gasteiger partial charge >= 0.3 is 12.4 Å². The number of fused-ring (bicyclic) bond motifs is 1. The molecule has 3 aromatic rings. The molecule has 2 heterocycles. The van der Waals surface area contributed by atoms with Gasteiger partial charge in [0, 0.05) is 18.1 Å². The average molecular weight is 431 g/mol. The van der Waals surface area contributed by atoms with Crippen LogP contribution in [0, 0.1) is 0 Å². The van der Waals surface area contributed by atoms with E-state index in [1.807, 2.05) is 0 Å². The zero-order chi connectivity index (χ0) is 22.2. The van der Waals surface area contributed by atoms with Gasteiger partial charge in [0.25, 0.3) is 5.91 Å². The van der Waals surface area contributed by atoms with E-state index in [4.69, 9.17) is 4.74 Å². The van der Waals surface area contributed by atoms with Crippen LogP contribution in [0.2, 0.25) is 0 Å². The molecule has 0 radical (unpaired) electrons. The van der Waals surface area contributed by atoms with Gasteiger partial charge in [-0.05, 0) is 54.1 Å². The molecular weight excluding hydrogens is 415 g/mol. The summed E-state index contributed by atoms with van der Waals surface area (Å²) in [4.78, 5) is 31.9. The third-order valence-electron chi connectivity index (χ3n) is 4.77. The number of carbonyl (C=O) groups excluding carboxylic acids is 2. The largest absolute Gasteiger partial charge is 0.573 e. The molecule has 0 aliphatic carbocycles. The lowest BCUT2D eigenvalue weighted by Gasteiger charge is -2.18. The number of urea groups is 1. The van der Waals surface area contributed by atoms with Crippen molar-refractivity contribution in [2.75, 3.05) is 18.6 Å². The SMILES string of the molecule is COc1ccc2nccc(CN3CC(=O)N(c4ccc(OC(F)(F)F)cc4)C3=O)c2c1. The monoisotopic (exact) mass is 431 g/mol. The van der Waals surface area contributed by atoms with Crippen LogP contribution in [-0.4, -0.2) is 41.8 Å². The Hall–Kier alpha value is -3.82. The number of rotatable bonds is 5. The third kappa shape index (κ3) is 4.23. The molecule has 0 unspecified atom stereocenters. The van der Waals surface area contributed by atoms with Crippen molar-refractivity contribution in [3.05, 3.63) is 60.3 Å². The number of hydrogen-bond donors (Lipinski definition) is 0. The molecule has 10 heteroatoms. The van der Waals surface area contributed by atoms with E-state index >= 15 is 0 Å². The number of hydrogen-bond acceptors (Lipinski definition) is 5. The van der Waals surface area contributed by atoms with Crippen molar-refractivity contribution in [3.8, 4) is 11.5 Å². The highest BCUT2D eigenvalue weighted by Gasteiger charge is 2.37. The Balaban J connectivity index is 1.56. The topological polar surface area (TPSA) is 72.0 Å². The number of anilines is 1. The highest BCUT2D eigenvalue weighted by atomic mass is 19.4. The summed E-state index contributed by atoms with van der Waals surface area (Å²) in [6.45, 7) is -0.00402. The number of nitrogens with zero attached hydrogens (tertiary/aromatic N) is 3. The van der Waals surface area contributed by atoms with Crippen LogP contribution in [0.5, 0.6) is 11.5 Å². The minimum Gasteiger partial charge on any atom is -0.497 e. The molecule has 3 amide bonds. The van der Waals surface area contributed by atoms with E-state index in [0.29, 0.717) is 11.3 Å². The second-order valence-corrected chi connectivity index (χ2v) is 6.76. The summed E-state index contributed by atoms with van der Waals surface area (Å²) in [6.07, 6.45) is -3.21. The summed E-state index contributed by atoms with van der Waals surface area (Å²) in [6, 6.07) is 11.1. The van der Waals surface area contributed by atoms with Gasteiger partial charge in [-0.15, -0.1) is 13.2 Å². The average Bonchev–Trinajstić information content (AvgIpc) is 3.00. The molecule has 1 saturated heterocycles. The number of benzene rings is 2. The number of alkyl halides is 3. The number of aromatic nitrogens is 1. The van der Waals surface area contributed by atoms with Crippen molar-refractivity contribution in [2.45, 2.75) is 12.9 Å². The molecule has 0 bridgehead atoms. The number of amides is 3. The maximum Gasteiger partial charge on any atom is 0.573 e. The Labute approximate surface area is 174 Å². The van der Waals surface area contributed by atoms with E-state index in [1.165, 1.54) is 17.0 Å². The van der Waals surface area contributed by atoms with Gasteiger partial charge in [-0.25, -0.2) is 9.69 Å². The third-order valence-corrected chi connectivity index (χ3v) is 4.77. The van der Waals surface area contributed by atoms with E-state index in [2.05, 4.69) is 9.72 Å². The van der Waals surface area contributed by atoms with Gasteiger partial charge in [-0.1, -0.05) is 0 Å². The van der Waals surface area contributed by atoms with Crippen LogP contribution in [-0.2, 0) is 11.3 Å². The Morgan fingerprint density at radius 1 is 1.03 bits per heavy atom. The van der Waals surface area contributed by atoms with Crippen LogP contribution in [0.25, 0.3) is 10.9 Å². The second kappa shape index (κ2) is 7.78. The first-order valence-electron chi connectivity index (χ1n) is 9.14. The summed E-state index contributed by atoms with van der Waals surface area (Å²) < 4.78 is 46.0. The van der Waals surface area contributed by atoms with Gasteiger partial charge in [0.2, 0.25) is 0 Å². The Morgan fingerprint density at radius 3 is 2.42 bits per heavy atom. The van der Waals surface area contributed by atoms with E-state index in [-0.39, 0.29) is 18.8 Å². The first-order valence-corrected chi connectivity index (χ1v) is 9.14. The molecule has 0 saturated carbocycles. The fraction of sp³-hybridized carbons (Fsp3) is 0.190. The number of ether oxygens (including phenoxy) is 2. The molecule has 0 atom stereocenters. The second-order valence-electron chi connectivity index (χ2n) is 6.76. The predicted octanol–water partition coefficient (Wildman–Crippen LogP) is 4.11. The van der Waals surface area contributed by atoms with Crippen molar-refractivity contribution >= 4 is 28.5 Å². The van der Waals surface area contributed by atoms with Gasteiger partial charge in [0.05, 0.1) is 18.3 Å². The molecule has 0 N–H and O–H groups in total.